The molecular formula is C21H19BrN4O2S. The van der Waals surface area contributed by atoms with Crippen molar-refractivity contribution >= 4 is 59.5 Å². The van der Waals surface area contributed by atoms with E-state index in [0.29, 0.717) is 5.39 Å². The van der Waals surface area contributed by atoms with Gasteiger partial charge in [-0.15, -0.1) is 0 Å². The Morgan fingerprint density at radius 3 is 2.59 bits per heavy atom. The maximum Gasteiger partial charge on any atom is 0.277 e. The predicted octanol–water partition coefficient (Wildman–Crippen LogP) is 4.46. The second-order valence-corrected chi connectivity index (χ2v) is 9.35. The molecule has 1 heterocycles. The molecule has 6 nitrogen and oxygen atoms in total. The van der Waals surface area contributed by atoms with E-state index in [1.165, 1.54) is 6.21 Å². The SMILES string of the molecule is CN(C)c1cccc2c(S(=O)(=O)N/N=C/c3c[nH]c4cc(Br)ccc34)cccc12. The number of H-pyrrole nitrogens is 1. The van der Waals surface area contributed by atoms with Crippen LogP contribution in [-0.2, 0) is 10.0 Å². The van der Waals surface area contributed by atoms with Crippen LogP contribution >= 0.6 is 15.9 Å². The summed E-state index contributed by atoms with van der Waals surface area (Å²) in [5, 5.41) is 6.47. The van der Waals surface area contributed by atoms with Crippen LogP contribution in [0.3, 0.4) is 0 Å². The highest BCUT2D eigenvalue weighted by Gasteiger charge is 2.17. The van der Waals surface area contributed by atoms with Crippen molar-refractivity contribution in [1.29, 1.82) is 0 Å². The van der Waals surface area contributed by atoms with Gasteiger partial charge >= 0.3 is 0 Å². The first kappa shape index (κ1) is 19.5. The molecule has 0 saturated heterocycles. The van der Waals surface area contributed by atoms with Crippen LogP contribution in [0.25, 0.3) is 21.7 Å². The van der Waals surface area contributed by atoms with Gasteiger partial charge in [0.1, 0.15) is 0 Å². The number of hydrazone groups is 1. The minimum atomic E-state index is -3.83. The molecule has 0 atom stereocenters. The molecule has 4 aromatic rings. The zero-order chi connectivity index (χ0) is 20.6. The first-order chi connectivity index (χ1) is 13.9. The number of rotatable bonds is 5. The molecule has 0 fully saturated rings. The molecule has 29 heavy (non-hydrogen) atoms. The molecule has 0 spiro atoms. The number of aromatic nitrogens is 1. The van der Waals surface area contributed by atoms with Crippen LogP contribution < -0.4 is 9.73 Å². The van der Waals surface area contributed by atoms with Crippen molar-refractivity contribution in [3.63, 3.8) is 0 Å². The Bertz CT molecular complexity index is 1340. The number of sulfonamides is 1. The highest BCUT2D eigenvalue weighted by molar-refractivity contribution is 9.10. The number of hydrogen-bond acceptors (Lipinski definition) is 4. The lowest BCUT2D eigenvalue weighted by molar-refractivity contribution is 0.585. The monoisotopic (exact) mass is 470 g/mol. The van der Waals surface area contributed by atoms with E-state index < -0.39 is 10.0 Å². The van der Waals surface area contributed by atoms with Crippen molar-refractivity contribution in [2.75, 3.05) is 19.0 Å². The molecule has 0 aliphatic heterocycles. The smallest absolute Gasteiger partial charge is 0.277 e. The maximum absolute atomic E-state index is 12.9. The van der Waals surface area contributed by atoms with E-state index in [1.807, 2.05) is 55.4 Å². The average Bonchev–Trinajstić information content (AvgIpc) is 3.08. The van der Waals surface area contributed by atoms with E-state index in [2.05, 4.69) is 30.8 Å². The second-order valence-electron chi connectivity index (χ2n) is 6.81. The van der Waals surface area contributed by atoms with Crippen LogP contribution in [0.1, 0.15) is 5.56 Å². The van der Waals surface area contributed by atoms with Crippen LogP contribution in [-0.4, -0.2) is 33.7 Å². The van der Waals surface area contributed by atoms with Gasteiger partial charge in [-0.3, -0.25) is 0 Å². The largest absolute Gasteiger partial charge is 0.377 e. The second kappa shape index (κ2) is 7.53. The van der Waals surface area contributed by atoms with Gasteiger partial charge in [0.25, 0.3) is 10.0 Å². The Morgan fingerprint density at radius 1 is 1.03 bits per heavy atom. The van der Waals surface area contributed by atoms with E-state index in [9.17, 15) is 8.42 Å². The summed E-state index contributed by atoms with van der Waals surface area (Å²) in [4.78, 5) is 7.63. The highest BCUT2D eigenvalue weighted by atomic mass is 79.9. The van der Waals surface area contributed by atoms with E-state index in [0.717, 1.165) is 32.0 Å². The first-order valence-corrected chi connectivity index (χ1v) is 11.1. The predicted molar refractivity (Wildman–Crippen MR) is 122 cm³/mol. The van der Waals surface area contributed by atoms with Crippen molar-refractivity contribution in [2.24, 2.45) is 5.10 Å². The highest BCUT2D eigenvalue weighted by Crippen LogP contribution is 2.30. The summed E-state index contributed by atoms with van der Waals surface area (Å²) in [6.45, 7) is 0. The summed E-state index contributed by atoms with van der Waals surface area (Å²) in [5.41, 5.74) is 2.69. The Balaban J connectivity index is 1.67. The van der Waals surface area contributed by atoms with Gasteiger partial charge in [0.15, 0.2) is 0 Å². The van der Waals surface area contributed by atoms with Crippen molar-refractivity contribution in [1.82, 2.24) is 9.82 Å². The van der Waals surface area contributed by atoms with Crippen molar-refractivity contribution in [3.05, 3.63) is 70.8 Å². The summed E-state index contributed by atoms with van der Waals surface area (Å²) >= 11 is 3.43. The fourth-order valence-electron chi connectivity index (χ4n) is 3.33. The Morgan fingerprint density at radius 2 is 1.79 bits per heavy atom. The topological polar surface area (TPSA) is 77.6 Å². The number of fused-ring (bicyclic) bond motifs is 2. The Hall–Kier alpha value is -2.84. The molecular weight excluding hydrogens is 452 g/mol. The van der Waals surface area contributed by atoms with Gasteiger partial charge in [-0.05, 0) is 24.3 Å². The molecule has 3 aromatic carbocycles. The molecule has 2 N–H and O–H groups in total. The summed E-state index contributed by atoms with van der Waals surface area (Å²) in [5.74, 6) is 0. The molecule has 0 aliphatic rings. The van der Waals surface area contributed by atoms with Gasteiger partial charge in [-0.1, -0.05) is 46.3 Å². The van der Waals surface area contributed by atoms with Crippen LogP contribution in [0.15, 0.2) is 75.3 Å². The van der Waals surface area contributed by atoms with Crippen molar-refractivity contribution in [3.8, 4) is 0 Å². The third-order valence-corrected chi connectivity index (χ3v) is 6.46. The first-order valence-electron chi connectivity index (χ1n) is 8.87. The fourth-order valence-corrected chi connectivity index (χ4v) is 4.71. The lowest BCUT2D eigenvalue weighted by Gasteiger charge is -2.16. The molecule has 0 amide bonds. The summed E-state index contributed by atoms with van der Waals surface area (Å²) in [6, 6.07) is 16.7. The van der Waals surface area contributed by atoms with E-state index >= 15 is 0 Å². The zero-order valence-electron chi connectivity index (χ0n) is 15.8. The molecule has 0 unspecified atom stereocenters. The van der Waals surface area contributed by atoms with Gasteiger partial charge in [-0.2, -0.15) is 13.5 Å². The third kappa shape index (κ3) is 3.73. The Labute approximate surface area is 177 Å². The zero-order valence-corrected chi connectivity index (χ0v) is 18.3. The van der Waals surface area contributed by atoms with Gasteiger partial charge in [0.2, 0.25) is 0 Å². The van der Waals surface area contributed by atoms with Gasteiger partial charge in [0, 0.05) is 57.7 Å². The number of nitrogens with zero attached hydrogens (tertiary/aromatic N) is 2. The minimum absolute atomic E-state index is 0.193. The number of aromatic amines is 1. The maximum atomic E-state index is 12.9. The lowest BCUT2D eigenvalue weighted by atomic mass is 10.1. The molecule has 0 bridgehead atoms. The Kier molecular flexibility index (Phi) is 5.06. The molecule has 0 saturated carbocycles. The summed E-state index contributed by atoms with van der Waals surface area (Å²) < 4.78 is 26.8. The average molecular weight is 471 g/mol. The summed E-state index contributed by atoms with van der Waals surface area (Å²) in [7, 11) is 0.0309. The van der Waals surface area contributed by atoms with Crippen LogP contribution in [0.2, 0.25) is 0 Å². The van der Waals surface area contributed by atoms with Crippen molar-refractivity contribution in [2.45, 2.75) is 4.90 Å². The molecule has 1 aromatic heterocycles. The van der Waals surface area contributed by atoms with Gasteiger partial charge < -0.3 is 9.88 Å². The van der Waals surface area contributed by atoms with Crippen LogP contribution in [0.5, 0.6) is 0 Å². The summed E-state index contributed by atoms with van der Waals surface area (Å²) in [6.07, 6.45) is 3.29. The molecule has 0 aliphatic carbocycles. The van der Waals surface area contributed by atoms with E-state index in [1.54, 1.807) is 24.4 Å². The third-order valence-electron chi connectivity index (χ3n) is 4.68. The van der Waals surface area contributed by atoms with Gasteiger partial charge in [-0.25, -0.2) is 4.83 Å². The number of hydrogen-bond donors (Lipinski definition) is 2. The number of anilines is 1. The van der Waals surface area contributed by atoms with Gasteiger partial charge in [0.05, 0.1) is 11.1 Å². The van der Waals surface area contributed by atoms with Crippen molar-refractivity contribution < 1.29 is 8.42 Å². The quantitative estimate of drug-likeness (QED) is 0.333. The fraction of sp³-hybridized carbons (Fsp3) is 0.0952. The normalized spacial score (nSPS) is 12.1. The minimum Gasteiger partial charge on any atom is -0.377 e. The molecule has 8 heteroatoms. The lowest BCUT2D eigenvalue weighted by Crippen LogP contribution is -2.19. The number of benzene rings is 3. The molecule has 0 radical (unpaired) electrons. The van der Waals surface area contributed by atoms with Crippen LogP contribution in [0, 0.1) is 0 Å². The number of halogens is 1. The van der Waals surface area contributed by atoms with E-state index in [4.69, 9.17) is 0 Å². The standard InChI is InChI=1S/C21H19BrN4O2S/c1-26(2)20-7-3-6-18-17(20)5-4-8-21(18)29(27,28)25-24-13-14-12-23-19-11-15(22)9-10-16(14)19/h3-13,23,25H,1-2H3/b24-13+. The molecule has 4 rings (SSSR count). The molecule has 148 valence electrons. The van der Waals surface area contributed by atoms with Crippen LogP contribution in [0.4, 0.5) is 5.69 Å². The number of nitrogens with one attached hydrogen (secondary N) is 2. The van der Waals surface area contributed by atoms with E-state index in [-0.39, 0.29) is 4.90 Å².